The molecule has 112 valence electrons. The number of nitrogens with zero attached hydrogens (tertiary/aromatic N) is 1. The molecule has 0 aromatic heterocycles. The quantitative estimate of drug-likeness (QED) is 0.883. The second-order valence-corrected chi connectivity index (χ2v) is 6.44. The largest absolute Gasteiger partial charge is 0.376 e. The third-order valence-corrected chi connectivity index (χ3v) is 4.68. The molecule has 1 aromatic rings. The van der Waals surface area contributed by atoms with Crippen molar-refractivity contribution in [2.45, 2.75) is 45.4 Å². The molecule has 4 heteroatoms. The van der Waals surface area contributed by atoms with Gasteiger partial charge in [-0.05, 0) is 44.5 Å². The average Bonchev–Trinajstić information content (AvgIpc) is 2.84. The van der Waals surface area contributed by atoms with Gasteiger partial charge in [-0.15, -0.1) is 0 Å². The Balaban J connectivity index is 2.30. The lowest BCUT2D eigenvalue weighted by molar-refractivity contribution is 0.118. The van der Waals surface area contributed by atoms with Crippen LogP contribution in [0.3, 0.4) is 0 Å². The first-order chi connectivity index (χ1) is 9.54. The molecule has 0 aliphatic carbocycles. The average molecular weight is 341 g/mol. The second-order valence-electron chi connectivity index (χ2n) is 5.53. The lowest BCUT2D eigenvalue weighted by Crippen LogP contribution is -2.37. The summed E-state index contributed by atoms with van der Waals surface area (Å²) in [7, 11) is 2.18. The van der Waals surface area contributed by atoms with Gasteiger partial charge in [-0.2, -0.15) is 0 Å². The molecule has 0 bridgehead atoms. The highest BCUT2D eigenvalue weighted by atomic mass is 79.9. The maximum atomic E-state index is 5.72. The summed E-state index contributed by atoms with van der Waals surface area (Å²) in [5.74, 6) is 0. The molecule has 2 rings (SSSR count). The zero-order valence-corrected chi connectivity index (χ0v) is 14.4. The van der Waals surface area contributed by atoms with E-state index in [0.717, 1.165) is 24.0 Å². The van der Waals surface area contributed by atoms with E-state index in [1.54, 1.807) is 0 Å². The molecule has 3 nitrogen and oxygen atoms in total. The van der Waals surface area contributed by atoms with E-state index >= 15 is 0 Å². The molecular weight excluding hydrogens is 316 g/mol. The molecule has 0 spiro atoms. The van der Waals surface area contributed by atoms with Crippen molar-refractivity contribution in [2.75, 3.05) is 25.1 Å². The van der Waals surface area contributed by atoms with Crippen LogP contribution in [0.4, 0.5) is 5.69 Å². The van der Waals surface area contributed by atoms with Gasteiger partial charge < -0.3 is 15.0 Å². The third-order valence-electron chi connectivity index (χ3n) is 4.18. The monoisotopic (exact) mass is 340 g/mol. The molecule has 1 fully saturated rings. The zero-order chi connectivity index (χ0) is 14.7. The summed E-state index contributed by atoms with van der Waals surface area (Å²) in [6.45, 7) is 8.37. The number of hydrogen-bond donors (Lipinski definition) is 1. The summed E-state index contributed by atoms with van der Waals surface area (Å²) < 4.78 is 6.84. The Morgan fingerprint density at radius 2 is 2.25 bits per heavy atom. The summed E-state index contributed by atoms with van der Waals surface area (Å²) in [6, 6.07) is 7.35. The number of benzene rings is 1. The fourth-order valence-corrected chi connectivity index (χ4v) is 3.36. The Bertz CT molecular complexity index is 452. The van der Waals surface area contributed by atoms with E-state index in [9.17, 15) is 0 Å². The molecule has 20 heavy (non-hydrogen) atoms. The highest BCUT2D eigenvalue weighted by Gasteiger charge is 2.29. The van der Waals surface area contributed by atoms with Gasteiger partial charge in [-0.25, -0.2) is 0 Å². The summed E-state index contributed by atoms with van der Waals surface area (Å²) in [4.78, 5) is 2.38. The maximum Gasteiger partial charge on any atom is 0.0750 e. The molecule has 0 radical (unpaired) electrons. The van der Waals surface area contributed by atoms with Gasteiger partial charge in [-0.1, -0.05) is 28.9 Å². The number of ether oxygens (including phenoxy) is 1. The highest BCUT2D eigenvalue weighted by molar-refractivity contribution is 9.10. The van der Waals surface area contributed by atoms with Gasteiger partial charge in [0.05, 0.1) is 12.1 Å². The van der Waals surface area contributed by atoms with E-state index < -0.39 is 0 Å². The molecule has 3 atom stereocenters. The van der Waals surface area contributed by atoms with Crippen LogP contribution in [-0.2, 0) is 4.74 Å². The molecule has 1 aliphatic heterocycles. The first-order valence-electron chi connectivity index (χ1n) is 7.41. The Kier molecular flexibility index (Phi) is 5.47. The van der Waals surface area contributed by atoms with E-state index in [-0.39, 0.29) is 0 Å². The Morgan fingerprint density at radius 3 is 2.85 bits per heavy atom. The fourth-order valence-electron chi connectivity index (χ4n) is 3.01. The smallest absolute Gasteiger partial charge is 0.0750 e. The van der Waals surface area contributed by atoms with Gasteiger partial charge in [0.2, 0.25) is 0 Å². The lowest BCUT2D eigenvalue weighted by atomic mass is 10.0. The molecule has 0 saturated carbocycles. The third kappa shape index (κ3) is 3.35. The molecule has 1 N–H and O–H groups in total. The molecule has 1 saturated heterocycles. The van der Waals surface area contributed by atoms with Gasteiger partial charge in [0.25, 0.3) is 0 Å². The zero-order valence-electron chi connectivity index (χ0n) is 12.8. The number of halogens is 1. The number of anilines is 1. The number of likely N-dealkylation sites (N-methyl/N-ethyl adjacent to an activating group) is 1. The Hall–Kier alpha value is -0.580. The van der Waals surface area contributed by atoms with Crippen molar-refractivity contribution >= 4 is 21.6 Å². The van der Waals surface area contributed by atoms with Crippen molar-refractivity contribution in [1.29, 1.82) is 0 Å². The summed E-state index contributed by atoms with van der Waals surface area (Å²) in [5.41, 5.74) is 2.63. The first-order valence-corrected chi connectivity index (χ1v) is 8.21. The van der Waals surface area contributed by atoms with Crippen LogP contribution in [0.2, 0.25) is 0 Å². The van der Waals surface area contributed by atoms with Crippen LogP contribution < -0.4 is 10.2 Å². The predicted octanol–water partition coefficient (Wildman–Crippen LogP) is 3.73. The van der Waals surface area contributed by atoms with Crippen LogP contribution in [-0.4, -0.2) is 32.3 Å². The van der Waals surface area contributed by atoms with Crippen molar-refractivity contribution < 1.29 is 4.74 Å². The minimum atomic E-state index is 0.293. The van der Waals surface area contributed by atoms with Crippen molar-refractivity contribution in [3.05, 3.63) is 28.2 Å². The van der Waals surface area contributed by atoms with Gasteiger partial charge in [0.15, 0.2) is 0 Å². The van der Waals surface area contributed by atoms with E-state index in [4.69, 9.17) is 4.74 Å². The van der Waals surface area contributed by atoms with Crippen LogP contribution in [0.5, 0.6) is 0 Å². The number of nitrogens with one attached hydrogen (secondary N) is 1. The van der Waals surface area contributed by atoms with Crippen LogP contribution in [0, 0.1) is 0 Å². The molecule has 3 unspecified atom stereocenters. The van der Waals surface area contributed by atoms with Gasteiger partial charge in [-0.3, -0.25) is 0 Å². The predicted molar refractivity (Wildman–Crippen MR) is 88.5 cm³/mol. The number of hydrogen-bond acceptors (Lipinski definition) is 3. The minimum Gasteiger partial charge on any atom is -0.376 e. The summed E-state index contributed by atoms with van der Waals surface area (Å²) in [5, 5.41) is 3.51. The van der Waals surface area contributed by atoms with Crippen molar-refractivity contribution in [2.24, 2.45) is 0 Å². The molecule has 1 aliphatic rings. The standard InChI is InChI=1S/C16H25BrN2O/c1-5-18-11(2)14-7-6-13(17)10-16(14)19(4)15-8-9-20-12(15)3/h6-7,10-12,15,18H,5,8-9H2,1-4H3. The first kappa shape index (κ1) is 15.8. The Labute approximate surface area is 130 Å². The van der Waals surface area contributed by atoms with E-state index in [1.165, 1.54) is 11.3 Å². The van der Waals surface area contributed by atoms with Crippen LogP contribution in [0.15, 0.2) is 22.7 Å². The lowest BCUT2D eigenvalue weighted by Gasteiger charge is -2.32. The highest BCUT2D eigenvalue weighted by Crippen LogP contribution is 2.32. The van der Waals surface area contributed by atoms with E-state index in [1.807, 2.05) is 0 Å². The maximum absolute atomic E-state index is 5.72. The molecular formula is C16H25BrN2O. The van der Waals surface area contributed by atoms with Crippen molar-refractivity contribution in [3.63, 3.8) is 0 Å². The van der Waals surface area contributed by atoms with Gasteiger partial charge in [0.1, 0.15) is 0 Å². The van der Waals surface area contributed by atoms with Crippen molar-refractivity contribution in [3.8, 4) is 0 Å². The van der Waals surface area contributed by atoms with Gasteiger partial charge in [0, 0.05) is 29.9 Å². The molecule has 1 heterocycles. The fraction of sp³-hybridized carbons (Fsp3) is 0.625. The van der Waals surface area contributed by atoms with Crippen molar-refractivity contribution in [1.82, 2.24) is 5.32 Å². The number of rotatable bonds is 5. The van der Waals surface area contributed by atoms with Crippen LogP contribution >= 0.6 is 15.9 Å². The van der Waals surface area contributed by atoms with Gasteiger partial charge >= 0.3 is 0 Å². The van der Waals surface area contributed by atoms with E-state index in [0.29, 0.717) is 18.2 Å². The summed E-state index contributed by atoms with van der Waals surface area (Å²) >= 11 is 3.60. The summed E-state index contributed by atoms with van der Waals surface area (Å²) in [6.07, 6.45) is 1.39. The SMILES string of the molecule is CCNC(C)c1ccc(Br)cc1N(C)C1CCOC1C. The second kappa shape index (κ2) is 6.92. The Morgan fingerprint density at radius 1 is 1.50 bits per heavy atom. The van der Waals surface area contributed by atoms with Crippen LogP contribution in [0.25, 0.3) is 0 Å². The topological polar surface area (TPSA) is 24.5 Å². The van der Waals surface area contributed by atoms with Crippen LogP contribution in [0.1, 0.15) is 38.8 Å². The normalized spacial score (nSPS) is 23.9. The van der Waals surface area contributed by atoms with E-state index in [2.05, 4.69) is 72.2 Å². The minimum absolute atomic E-state index is 0.293. The molecule has 1 aromatic carbocycles. The molecule has 0 amide bonds.